The molecule has 230 valence electrons. The van der Waals surface area contributed by atoms with Crippen molar-refractivity contribution < 1.29 is 23.5 Å². The number of ether oxygens (including phenoxy) is 2. The molecule has 2 atom stereocenters. The molecule has 1 saturated carbocycles. The number of carbonyl (C=O) groups is 2. The van der Waals surface area contributed by atoms with E-state index in [-0.39, 0.29) is 35.2 Å². The minimum atomic E-state index is -0.534. The Bertz CT molecular complexity index is 1510. The molecule has 9 nitrogen and oxygen atoms in total. The summed E-state index contributed by atoms with van der Waals surface area (Å²) in [6.07, 6.45) is 3.94. The van der Waals surface area contributed by atoms with Crippen molar-refractivity contribution in [3.63, 3.8) is 0 Å². The van der Waals surface area contributed by atoms with Crippen LogP contribution in [0.1, 0.15) is 69.8 Å². The highest BCUT2D eigenvalue weighted by Gasteiger charge is 2.46. The predicted octanol–water partition coefficient (Wildman–Crippen LogP) is 6.68. The van der Waals surface area contributed by atoms with Crippen LogP contribution >= 0.6 is 11.6 Å². The van der Waals surface area contributed by atoms with Gasteiger partial charge >= 0.3 is 6.09 Å². The number of amides is 2. The molecule has 2 aliphatic rings. The minimum absolute atomic E-state index is 0.0694. The van der Waals surface area contributed by atoms with Crippen LogP contribution in [0.4, 0.5) is 9.18 Å². The lowest BCUT2D eigenvalue weighted by Gasteiger charge is -2.46. The Morgan fingerprint density at radius 1 is 1.14 bits per heavy atom. The second-order valence-corrected chi connectivity index (χ2v) is 13.5. The summed E-state index contributed by atoms with van der Waals surface area (Å²) in [4.78, 5) is 29.1. The number of hydrogen-bond acceptors (Lipinski definition) is 6. The van der Waals surface area contributed by atoms with Gasteiger partial charge in [0, 0.05) is 49.2 Å². The summed E-state index contributed by atoms with van der Waals surface area (Å²) in [6.45, 7) is 10.7. The second-order valence-electron chi connectivity index (χ2n) is 13.1. The number of likely N-dealkylation sites (tertiary alicyclic amines) is 1. The van der Waals surface area contributed by atoms with E-state index in [9.17, 15) is 14.0 Å². The fraction of sp³-hybridized carbons (Fsp3) is 0.500. The lowest BCUT2D eigenvalue weighted by atomic mass is 9.79. The normalized spacial score (nSPS) is 19.6. The van der Waals surface area contributed by atoms with E-state index in [1.807, 2.05) is 37.7 Å². The van der Waals surface area contributed by atoms with Crippen LogP contribution in [0.2, 0.25) is 5.02 Å². The van der Waals surface area contributed by atoms with Crippen LogP contribution in [-0.2, 0) is 21.5 Å². The van der Waals surface area contributed by atoms with Crippen molar-refractivity contribution in [3.8, 4) is 11.5 Å². The molecule has 0 N–H and O–H groups in total. The van der Waals surface area contributed by atoms with Crippen LogP contribution < -0.4 is 4.74 Å². The van der Waals surface area contributed by atoms with Gasteiger partial charge < -0.3 is 19.3 Å². The van der Waals surface area contributed by atoms with Gasteiger partial charge in [0.25, 0.3) is 0 Å². The Morgan fingerprint density at radius 2 is 1.84 bits per heavy atom. The Kier molecular flexibility index (Phi) is 8.44. The number of benzene rings is 2. The van der Waals surface area contributed by atoms with Gasteiger partial charge in [-0.05, 0) is 88.4 Å². The maximum Gasteiger partial charge on any atom is 0.410 e. The van der Waals surface area contributed by atoms with Gasteiger partial charge in [0.05, 0.1) is 11.7 Å². The standard InChI is InChI=1S/C32H39ClFN5O4/c1-20-13-24(11-12-27(20)34)42-25-10-8-22(26(33)15-25)16-37(6)29(40)21-7-9-23(14-21)39-17-28(35-36-39)32(5)18-38(19-32)30(41)43-31(2,3)4/h8,10-13,15,17,21,23H,7,9,14,16,18-19H2,1-6H3. The van der Waals surface area contributed by atoms with Gasteiger partial charge in [0.15, 0.2) is 0 Å². The van der Waals surface area contributed by atoms with E-state index in [0.29, 0.717) is 48.1 Å². The van der Waals surface area contributed by atoms with Crippen LogP contribution in [0.5, 0.6) is 11.5 Å². The topological polar surface area (TPSA) is 89.8 Å². The Labute approximate surface area is 256 Å². The van der Waals surface area contributed by atoms with Gasteiger partial charge in [0.2, 0.25) is 5.91 Å². The molecule has 11 heteroatoms. The third-order valence-corrected chi connectivity index (χ3v) is 8.51. The van der Waals surface area contributed by atoms with Crippen molar-refractivity contribution in [3.05, 3.63) is 70.3 Å². The van der Waals surface area contributed by atoms with E-state index in [1.54, 1.807) is 48.0 Å². The van der Waals surface area contributed by atoms with Gasteiger partial charge in [-0.15, -0.1) is 5.10 Å². The summed E-state index contributed by atoms with van der Waals surface area (Å²) in [5.74, 6) is 0.722. The van der Waals surface area contributed by atoms with Gasteiger partial charge in [-0.1, -0.05) is 29.8 Å². The third-order valence-electron chi connectivity index (χ3n) is 8.16. The maximum absolute atomic E-state index is 13.6. The average Bonchev–Trinajstić information content (AvgIpc) is 3.59. The molecule has 1 aliphatic heterocycles. The number of hydrogen-bond donors (Lipinski definition) is 0. The molecule has 2 heterocycles. The highest BCUT2D eigenvalue weighted by Crippen LogP contribution is 2.38. The first-order valence-electron chi connectivity index (χ1n) is 14.6. The second kappa shape index (κ2) is 11.8. The number of aryl methyl sites for hydroxylation is 1. The van der Waals surface area contributed by atoms with Crippen molar-refractivity contribution in [2.24, 2.45) is 5.92 Å². The smallest absolute Gasteiger partial charge is 0.410 e. The summed E-state index contributed by atoms with van der Waals surface area (Å²) in [5.41, 5.74) is 1.34. The SMILES string of the molecule is Cc1cc(Oc2ccc(CN(C)C(=O)C3CCC(n4cc(C5(C)CN(C(=O)OC(C)(C)C)C5)nn4)C3)c(Cl)c2)ccc1F. The van der Waals surface area contributed by atoms with E-state index in [0.717, 1.165) is 24.1 Å². The number of carbonyl (C=O) groups excluding carboxylic acids is 2. The van der Waals surface area contributed by atoms with Crippen molar-refractivity contribution in [1.82, 2.24) is 24.8 Å². The Hall–Kier alpha value is -3.66. The van der Waals surface area contributed by atoms with E-state index in [4.69, 9.17) is 21.1 Å². The molecule has 1 aliphatic carbocycles. The maximum atomic E-state index is 13.6. The van der Waals surface area contributed by atoms with Gasteiger partial charge in [-0.25, -0.2) is 13.9 Å². The average molecular weight is 612 g/mol. The summed E-state index contributed by atoms with van der Waals surface area (Å²) in [7, 11) is 1.79. The molecule has 0 bridgehead atoms. The van der Waals surface area contributed by atoms with Gasteiger partial charge in [-0.2, -0.15) is 0 Å². The summed E-state index contributed by atoms with van der Waals surface area (Å²) < 4.78 is 26.8. The zero-order valence-electron chi connectivity index (χ0n) is 25.6. The van der Waals surface area contributed by atoms with E-state index in [2.05, 4.69) is 17.2 Å². The highest BCUT2D eigenvalue weighted by molar-refractivity contribution is 6.31. The van der Waals surface area contributed by atoms with E-state index >= 15 is 0 Å². The summed E-state index contributed by atoms with van der Waals surface area (Å²) in [6, 6.07) is 10.00. The first-order chi connectivity index (χ1) is 20.2. The fourth-order valence-electron chi connectivity index (χ4n) is 5.75. The minimum Gasteiger partial charge on any atom is -0.457 e. The molecule has 5 rings (SSSR count). The number of halogens is 2. The quantitative estimate of drug-likeness (QED) is 0.296. The molecule has 2 amide bonds. The van der Waals surface area contributed by atoms with Crippen molar-refractivity contribution >= 4 is 23.6 Å². The van der Waals surface area contributed by atoms with Crippen LogP contribution in [0.3, 0.4) is 0 Å². The van der Waals surface area contributed by atoms with Crippen LogP contribution in [0, 0.1) is 18.7 Å². The number of rotatable bonds is 7. The first-order valence-corrected chi connectivity index (χ1v) is 15.0. The molecule has 0 spiro atoms. The van der Waals surface area contributed by atoms with Crippen molar-refractivity contribution in [2.75, 3.05) is 20.1 Å². The molecule has 1 saturated heterocycles. The molecule has 0 radical (unpaired) electrons. The molecular weight excluding hydrogens is 573 g/mol. The molecule has 2 unspecified atom stereocenters. The molecule has 3 aromatic rings. The van der Waals surface area contributed by atoms with Crippen LogP contribution in [0.25, 0.3) is 0 Å². The zero-order chi connectivity index (χ0) is 31.1. The Balaban J connectivity index is 1.14. The van der Waals surface area contributed by atoms with Crippen molar-refractivity contribution in [1.29, 1.82) is 0 Å². The van der Waals surface area contributed by atoms with E-state index < -0.39 is 5.60 Å². The Morgan fingerprint density at radius 3 is 2.51 bits per heavy atom. The monoisotopic (exact) mass is 611 g/mol. The molecule has 43 heavy (non-hydrogen) atoms. The lowest BCUT2D eigenvalue weighted by molar-refractivity contribution is -0.134. The molecule has 1 aromatic heterocycles. The molecular formula is C32H39ClFN5O4. The highest BCUT2D eigenvalue weighted by atomic mass is 35.5. The van der Waals surface area contributed by atoms with E-state index in [1.165, 1.54) is 6.07 Å². The molecule has 2 aromatic carbocycles. The van der Waals surface area contributed by atoms with Gasteiger partial charge in [-0.3, -0.25) is 4.79 Å². The largest absolute Gasteiger partial charge is 0.457 e. The third kappa shape index (κ3) is 6.95. The summed E-state index contributed by atoms with van der Waals surface area (Å²) >= 11 is 6.55. The van der Waals surface area contributed by atoms with Crippen molar-refractivity contribution in [2.45, 2.75) is 77.5 Å². The molecule has 2 fully saturated rings. The summed E-state index contributed by atoms with van der Waals surface area (Å²) in [5, 5.41) is 9.32. The fourth-order valence-corrected chi connectivity index (χ4v) is 5.98. The number of aromatic nitrogens is 3. The van der Waals surface area contributed by atoms with Crippen LogP contribution in [-0.4, -0.2) is 62.5 Å². The predicted molar refractivity (Wildman–Crippen MR) is 161 cm³/mol. The van der Waals surface area contributed by atoms with Gasteiger partial charge in [0.1, 0.15) is 22.9 Å². The van der Waals surface area contributed by atoms with Crippen LogP contribution in [0.15, 0.2) is 42.6 Å². The first kappa shape index (κ1) is 30.8. The zero-order valence-corrected chi connectivity index (χ0v) is 26.3. The number of nitrogens with zero attached hydrogens (tertiary/aromatic N) is 5. The lowest BCUT2D eigenvalue weighted by Crippen LogP contribution is -2.60.